The molecule has 1 unspecified atom stereocenters. The maximum atomic E-state index is 12.7. The Morgan fingerprint density at radius 3 is 2.30 bits per heavy atom. The molecule has 1 fully saturated rings. The van der Waals surface area contributed by atoms with Crippen molar-refractivity contribution in [1.82, 2.24) is 15.8 Å². The van der Waals surface area contributed by atoms with Crippen LogP contribution in [-0.2, 0) is 9.59 Å². The minimum absolute atomic E-state index is 0.0578. The van der Waals surface area contributed by atoms with Crippen molar-refractivity contribution in [2.75, 3.05) is 4.90 Å². The Labute approximate surface area is 172 Å². The molecule has 3 amide bonds. The molecule has 1 aliphatic heterocycles. The standard InChI is InChI=1S/C22H18N4O4/c27-20-14-19(24-25-21(28)15-10-12-23-13-11-15)22(29)26(20)16-6-8-18(9-7-16)30-17-4-2-1-3-5-17/h1-13,19,24H,14H2,(H,25,28). The molecular formula is C22H18N4O4. The largest absolute Gasteiger partial charge is 0.457 e. The minimum Gasteiger partial charge on any atom is -0.457 e. The number of hydrogen-bond donors (Lipinski definition) is 2. The van der Waals surface area contributed by atoms with Gasteiger partial charge >= 0.3 is 0 Å². The number of carbonyl (C=O) groups is 3. The van der Waals surface area contributed by atoms with Gasteiger partial charge in [0.05, 0.1) is 12.1 Å². The molecule has 150 valence electrons. The Kier molecular flexibility index (Phi) is 5.49. The van der Waals surface area contributed by atoms with Crippen LogP contribution >= 0.6 is 0 Å². The van der Waals surface area contributed by atoms with Gasteiger partial charge in [-0.25, -0.2) is 10.3 Å². The number of anilines is 1. The van der Waals surface area contributed by atoms with Crippen molar-refractivity contribution in [3.05, 3.63) is 84.7 Å². The van der Waals surface area contributed by atoms with E-state index in [9.17, 15) is 14.4 Å². The second-order valence-corrected chi connectivity index (χ2v) is 6.57. The number of rotatable bonds is 6. The highest BCUT2D eigenvalue weighted by Crippen LogP contribution is 2.27. The molecule has 2 aromatic carbocycles. The fraction of sp³-hybridized carbons (Fsp3) is 0.0909. The van der Waals surface area contributed by atoms with Crippen LogP contribution in [0.3, 0.4) is 0 Å². The second kappa shape index (κ2) is 8.54. The van der Waals surface area contributed by atoms with Gasteiger partial charge in [0.1, 0.15) is 17.5 Å². The summed E-state index contributed by atoms with van der Waals surface area (Å²) in [4.78, 5) is 42.1. The maximum Gasteiger partial charge on any atom is 0.265 e. The average Bonchev–Trinajstić information content (AvgIpc) is 3.07. The number of nitrogens with one attached hydrogen (secondary N) is 2. The van der Waals surface area contributed by atoms with Crippen molar-refractivity contribution >= 4 is 23.4 Å². The third-order valence-corrected chi connectivity index (χ3v) is 4.52. The highest BCUT2D eigenvalue weighted by molar-refractivity contribution is 6.22. The highest BCUT2D eigenvalue weighted by atomic mass is 16.5. The number of imide groups is 1. The SMILES string of the molecule is O=C(NNC1CC(=O)N(c2ccc(Oc3ccccc3)cc2)C1=O)c1ccncc1. The van der Waals surface area contributed by atoms with Gasteiger partial charge in [0, 0.05) is 18.0 Å². The molecular weight excluding hydrogens is 384 g/mol. The number of nitrogens with zero attached hydrogens (tertiary/aromatic N) is 2. The van der Waals surface area contributed by atoms with Crippen molar-refractivity contribution in [3.8, 4) is 11.5 Å². The number of para-hydroxylation sites is 1. The molecule has 1 atom stereocenters. The second-order valence-electron chi connectivity index (χ2n) is 6.57. The third-order valence-electron chi connectivity index (χ3n) is 4.52. The van der Waals surface area contributed by atoms with E-state index in [-0.39, 0.29) is 12.3 Å². The third kappa shape index (κ3) is 4.18. The average molecular weight is 402 g/mol. The lowest BCUT2D eigenvalue weighted by Crippen LogP contribution is -2.48. The molecule has 0 spiro atoms. The molecule has 2 heterocycles. The molecule has 1 saturated heterocycles. The van der Waals surface area contributed by atoms with Crippen LogP contribution in [0.15, 0.2) is 79.1 Å². The molecule has 8 nitrogen and oxygen atoms in total. The molecule has 0 radical (unpaired) electrons. The van der Waals surface area contributed by atoms with Crippen LogP contribution in [0.5, 0.6) is 11.5 Å². The number of hydrazine groups is 1. The summed E-state index contributed by atoms with van der Waals surface area (Å²) in [5.41, 5.74) is 5.94. The molecule has 0 saturated carbocycles. The first kappa shape index (κ1) is 19.3. The number of amides is 3. The number of benzene rings is 2. The lowest BCUT2D eigenvalue weighted by atomic mass is 10.2. The zero-order chi connectivity index (χ0) is 20.9. The summed E-state index contributed by atoms with van der Waals surface area (Å²) in [6.07, 6.45) is 2.93. The molecule has 2 N–H and O–H groups in total. The van der Waals surface area contributed by atoms with E-state index < -0.39 is 17.9 Å². The lowest BCUT2D eigenvalue weighted by Gasteiger charge is -2.16. The van der Waals surface area contributed by atoms with Crippen LogP contribution in [0.4, 0.5) is 5.69 Å². The Morgan fingerprint density at radius 1 is 0.933 bits per heavy atom. The molecule has 0 bridgehead atoms. The Morgan fingerprint density at radius 2 is 1.60 bits per heavy atom. The van der Waals surface area contributed by atoms with Crippen molar-refractivity contribution in [1.29, 1.82) is 0 Å². The number of carbonyl (C=O) groups excluding carboxylic acids is 3. The van der Waals surface area contributed by atoms with Gasteiger partial charge < -0.3 is 4.74 Å². The first-order valence-electron chi connectivity index (χ1n) is 9.27. The normalized spacial score (nSPS) is 15.9. The van der Waals surface area contributed by atoms with Gasteiger partial charge in [0.15, 0.2) is 0 Å². The van der Waals surface area contributed by atoms with E-state index in [4.69, 9.17) is 4.74 Å². The van der Waals surface area contributed by atoms with Crippen molar-refractivity contribution in [2.24, 2.45) is 0 Å². The zero-order valence-electron chi connectivity index (χ0n) is 15.8. The van der Waals surface area contributed by atoms with Crippen molar-refractivity contribution in [2.45, 2.75) is 12.5 Å². The fourth-order valence-corrected chi connectivity index (χ4v) is 3.03. The Bertz CT molecular complexity index is 1060. The first-order chi connectivity index (χ1) is 14.6. The fourth-order valence-electron chi connectivity index (χ4n) is 3.03. The van der Waals surface area contributed by atoms with Crippen LogP contribution < -0.4 is 20.5 Å². The summed E-state index contributed by atoms with van der Waals surface area (Å²) in [6.45, 7) is 0. The van der Waals surface area contributed by atoms with E-state index in [1.807, 2.05) is 30.3 Å². The highest BCUT2D eigenvalue weighted by Gasteiger charge is 2.39. The number of ether oxygens (including phenoxy) is 1. The number of hydrogen-bond acceptors (Lipinski definition) is 6. The van der Waals surface area contributed by atoms with E-state index in [2.05, 4.69) is 15.8 Å². The Balaban J connectivity index is 1.39. The molecule has 0 aliphatic carbocycles. The monoisotopic (exact) mass is 402 g/mol. The van der Waals surface area contributed by atoms with Gasteiger partial charge in [0.2, 0.25) is 5.91 Å². The number of pyridine rings is 1. The van der Waals surface area contributed by atoms with Crippen LogP contribution in [0.1, 0.15) is 16.8 Å². The molecule has 3 aromatic rings. The quantitative estimate of drug-likeness (QED) is 0.485. The van der Waals surface area contributed by atoms with Gasteiger partial charge in [0.25, 0.3) is 11.8 Å². The van der Waals surface area contributed by atoms with E-state index in [1.54, 1.807) is 36.4 Å². The van der Waals surface area contributed by atoms with Gasteiger partial charge in [-0.1, -0.05) is 18.2 Å². The summed E-state index contributed by atoms with van der Waals surface area (Å²) in [6, 6.07) is 18.2. The summed E-state index contributed by atoms with van der Waals surface area (Å²) in [7, 11) is 0. The van der Waals surface area contributed by atoms with Gasteiger partial charge in [-0.05, 0) is 48.5 Å². The van der Waals surface area contributed by atoms with Crippen LogP contribution in [-0.4, -0.2) is 28.7 Å². The molecule has 1 aromatic heterocycles. The minimum atomic E-state index is -0.844. The first-order valence-corrected chi connectivity index (χ1v) is 9.27. The van der Waals surface area contributed by atoms with Gasteiger partial charge in [-0.3, -0.25) is 24.8 Å². The Hall–Kier alpha value is -4.04. The zero-order valence-corrected chi connectivity index (χ0v) is 15.8. The topological polar surface area (TPSA) is 101 Å². The molecule has 8 heteroatoms. The summed E-state index contributed by atoms with van der Waals surface area (Å²) < 4.78 is 5.73. The van der Waals surface area contributed by atoms with E-state index in [0.717, 1.165) is 4.90 Å². The van der Waals surface area contributed by atoms with Crippen LogP contribution in [0.25, 0.3) is 0 Å². The van der Waals surface area contributed by atoms with Gasteiger partial charge in [-0.15, -0.1) is 0 Å². The lowest BCUT2D eigenvalue weighted by molar-refractivity contribution is -0.121. The molecule has 30 heavy (non-hydrogen) atoms. The molecule has 1 aliphatic rings. The van der Waals surface area contributed by atoms with Crippen LogP contribution in [0, 0.1) is 0 Å². The predicted octanol–water partition coefficient (Wildman–Crippen LogP) is 2.44. The van der Waals surface area contributed by atoms with Crippen LogP contribution in [0.2, 0.25) is 0 Å². The summed E-state index contributed by atoms with van der Waals surface area (Å²) in [5.74, 6) is 0.0637. The summed E-state index contributed by atoms with van der Waals surface area (Å²) >= 11 is 0. The van der Waals surface area contributed by atoms with E-state index in [0.29, 0.717) is 22.7 Å². The van der Waals surface area contributed by atoms with Crippen molar-refractivity contribution in [3.63, 3.8) is 0 Å². The predicted molar refractivity (Wildman–Crippen MR) is 109 cm³/mol. The number of aromatic nitrogens is 1. The maximum absolute atomic E-state index is 12.7. The van der Waals surface area contributed by atoms with E-state index in [1.165, 1.54) is 12.4 Å². The summed E-state index contributed by atoms with van der Waals surface area (Å²) in [5, 5.41) is 0. The smallest absolute Gasteiger partial charge is 0.265 e. The van der Waals surface area contributed by atoms with E-state index >= 15 is 0 Å². The van der Waals surface area contributed by atoms with Crippen molar-refractivity contribution < 1.29 is 19.1 Å². The van der Waals surface area contributed by atoms with Gasteiger partial charge in [-0.2, -0.15) is 0 Å². The molecule has 4 rings (SSSR count).